The molecule has 144 valence electrons. The van der Waals surface area contributed by atoms with Crippen molar-refractivity contribution >= 4 is 29.9 Å². The van der Waals surface area contributed by atoms with Crippen LogP contribution in [0.25, 0.3) is 0 Å². The van der Waals surface area contributed by atoms with Crippen LogP contribution in [0.1, 0.15) is 38.9 Å². The summed E-state index contributed by atoms with van der Waals surface area (Å²) in [4.78, 5) is 4.27. The predicted molar refractivity (Wildman–Crippen MR) is 116 cm³/mol. The maximum atomic E-state index is 5.77. The van der Waals surface area contributed by atoms with Gasteiger partial charge in [-0.2, -0.15) is 0 Å². The van der Waals surface area contributed by atoms with Gasteiger partial charge >= 0.3 is 0 Å². The topological polar surface area (TPSA) is 54.9 Å². The average Bonchev–Trinajstić information content (AvgIpc) is 2.60. The molecule has 1 aromatic rings. The summed E-state index contributed by atoms with van der Waals surface area (Å²) in [6.45, 7) is 8.66. The van der Waals surface area contributed by atoms with Crippen LogP contribution in [0.5, 0.6) is 0 Å². The molecule has 0 fully saturated rings. The van der Waals surface area contributed by atoms with Crippen molar-refractivity contribution < 1.29 is 9.47 Å². The minimum absolute atomic E-state index is 0. The van der Waals surface area contributed by atoms with Gasteiger partial charge < -0.3 is 20.1 Å². The van der Waals surface area contributed by atoms with Gasteiger partial charge in [0.1, 0.15) is 0 Å². The van der Waals surface area contributed by atoms with E-state index in [0.717, 1.165) is 31.1 Å². The Morgan fingerprint density at radius 3 is 2.36 bits per heavy atom. The minimum Gasteiger partial charge on any atom is -0.378 e. The summed E-state index contributed by atoms with van der Waals surface area (Å²) in [5, 5.41) is 6.67. The van der Waals surface area contributed by atoms with Crippen LogP contribution in [0.3, 0.4) is 0 Å². The highest BCUT2D eigenvalue weighted by molar-refractivity contribution is 14.0. The molecule has 1 aromatic carbocycles. The minimum atomic E-state index is -0.00316. The SMILES string of the molecule is CCOC(CCNC(=NC)NCC(OC)c1ccccc1)C(C)C.I. The largest absolute Gasteiger partial charge is 0.378 e. The summed E-state index contributed by atoms with van der Waals surface area (Å²) in [6, 6.07) is 10.2. The standard InChI is InChI=1S/C19H33N3O2.HI/c1-6-24-17(15(2)3)12-13-21-19(20-4)22-14-18(23-5)16-10-8-7-9-11-16;/h7-11,15,17-18H,6,12-14H2,1-5H3,(H2,20,21,22);1H. The third-order valence-corrected chi connectivity index (χ3v) is 3.98. The first-order valence-electron chi connectivity index (χ1n) is 8.76. The first kappa shape index (κ1) is 24.1. The van der Waals surface area contributed by atoms with Gasteiger partial charge in [-0.1, -0.05) is 44.2 Å². The summed E-state index contributed by atoms with van der Waals surface area (Å²) in [5.74, 6) is 1.30. The van der Waals surface area contributed by atoms with Gasteiger partial charge in [-0.3, -0.25) is 4.99 Å². The van der Waals surface area contributed by atoms with Crippen LogP contribution in [0.2, 0.25) is 0 Å². The highest BCUT2D eigenvalue weighted by Gasteiger charge is 2.14. The first-order chi connectivity index (χ1) is 11.6. The molecule has 1 rings (SSSR count). The zero-order valence-corrected chi connectivity index (χ0v) is 18.4. The number of hydrogen-bond acceptors (Lipinski definition) is 3. The van der Waals surface area contributed by atoms with Gasteiger partial charge in [0.15, 0.2) is 5.96 Å². The van der Waals surface area contributed by atoms with Gasteiger partial charge in [0, 0.05) is 33.9 Å². The molecule has 0 saturated carbocycles. The summed E-state index contributed by atoms with van der Waals surface area (Å²) >= 11 is 0. The van der Waals surface area contributed by atoms with E-state index in [4.69, 9.17) is 9.47 Å². The van der Waals surface area contributed by atoms with E-state index in [9.17, 15) is 0 Å². The molecule has 0 amide bonds. The van der Waals surface area contributed by atoms with Crippen molar-refractivity contribution in [2.24, 2.45) is 10.9 Å². The number of halogens is 1. The first-order valence-corrected chi connectivity index (χ1v) is 8.76. The molecule has 2 atom stereocenters. The average molecular weight is 463 g/mol. The number of guanidine groups is 1. The Morgan fingerprint density at radius 2 is 1.84 bits per heavy atom. The van der Waals surface area contributed by atoms with E-state index in [1.54, 1.807) is 14.2 Å². The number of hydrogen-bond donors (Lipinski definition) is 2. The molecular formula is C19H34IN3O2. The van der Waals surface area contributed by atoms with Crippen LogP contribution in [0.4, 0.5) is 0 Å². The Hall–Kier alpha value is -0.860. The monoisotopic (exact) mass is 463 g/mol. The van der Waals surface area contributed by atoms with E-state index in [1.165, 1.54) is 0 Å². The molecule has 25 heavy (non-hydrogen) atoms. The van der Waals surface area contributed by atoms with Crippen LogP contribution >= 0.6 is 24.0 Å². The van der Waals surface area contributed by atoms with Crippen LogP contribution < -0.4 is 10.6 Å². The number of nitrogens with one attached hydrogen (secondary N) is 2. The van der Waals surface area contributed by atoms with Gasteiger partial charge in [0.05, 0.1) is 12.2 Å². The second-order valence-corrected chi connectivity index (χ2v) is 6.04. The highest BCUT2D eigenvalue weighted by atomic mass is 127. The third-order valence-electron chi connectivity index (χ3n) is 3.98. The maximum absolute atomic E-state index is 5.77. The fourth-order valence-electron chi connectivity index (χ4n) is 2.57. The van der Waals surface area contributed by atoms with Gasteiger partial charge in [-0.25, -0.2) is 0 Å². The molecule has 0 spiro atoms. The third kappa shape index (κ3) is 9.42. The highest BCUT2D eigenvalue weighted by Crippen LogP contribution is 2.14. The number of nitrogens with zero attached hydrogens (tertiary/aromatic N) is 1. The summed E-state index contributed by atoms with van der Waals surface area (Å²) in [6.07, 6.45) is 1.23. The zero-order chi connectivity index (χ0) is 17.8. The predicted octanol–water partition coefficient (Wildman–Crippen LogP) is 3.61. The van der Waals surface area contributed by atoms with Crippen molar-refractivity contribution in [3.63, 3.8) is 0 Å². The van der Waals surface area contributed by atoms with Gasteiger partial charge in [0.2, 0.25) is 0 Å². The number of benzene rings is 1. The van der Waals surface area contributed by atoms with Crippen molar-refractivity contribution in [3.8, 4) is 0 Å². The molecular weight excluding hydrogens is 429 g/mol. The Morgan fingerprint density at radius 1 is 1.16 bits per heavy atom. The number of methoxy groups -OCH3 is 1. The van der Waals surface area contributed by atoms with Crippen LogP contribution in [0, 0.1) is 5.92 Å². The molecule has 0 aromatic heterocycles. The molecule has 0 heterocycles. The summed E-state index contributed by atoms with van der Waals surface area (Å²) < 4.78 is 11.3. The quantitative estimate of drug-likeness (QED) is 0.316. The smallest absolute Gasteiger partial charge is 0.191 e. The van der Waals surface area contributed by atoms with Crippen LogP contribution in [-0.4, -0.2) is 45.9 Å². The van der Waals surface area contributed by atoms with E-state index < -0.39 is 0 Å². The van der Waals surface area contributed by atoms with E-state index >= 15 is 0 Å². The van der Waals surface area contributed by atoms with E-state index in [-0.39, 0.29) is 36.2 Å². The van der Waals surface area contributed by atoms with Gasteiger partial charge in [-0.05, 0) is 24.8 Å². The van der Waals surface area contributed by atoms with E-state index in [1.807, 2.05) is 25.1 Å². The van der Waals surface area contributed by atoms with Crippen molar-refractivity contribution in [1.29, 1.82) is 0 Å². The van der Waals surface area contributed by atoms with Crippen molar-refractivity contribution in [3.05, 3.63) is 35.9 Å². The molecule has 0 aliphatic rings. The fraction of sp³-hybridized carbons (Fsp3) is 0.632. The lowest BCUT2D eigenvalue weighted by molar-refractivity contribution is 0.0258. The molecule has 6 heteroatoms. The normalized spacial score (nSPS) is 13.9. The van der Waals surface area contributed by atoms with Crippen LogP contribution in [-0.2, 0) is 9.47 Å². The Balaban J connectivity index is 0.00000576. The lowest BCUT2D eigenvalue weighted by atomic mass is 10.0. The van der Waals surface area contributed by atoms with Crippen molar-refractivity contribution in [2.45, 2.75) is 39.4 Å². The van der Waals surface area contributed by atoms with Gasteiger partial charge in [-0.15, -0.1) is 24.0 Å². The summed E-state index contributed by atoms with van der Waals surface area (Å²) in [7, 11) is 3.51. The van der Waals surface area contributed by atoms with Gasteiger partial charge in [0.25, 0.3) is 0 Å². The molecule has 5 nitrogen and oxygen atoms in total. The maximum Gasteiger partial charge on any atom is 0.191 e. The second kappa shape index (κ2) is 14.3. The van der Waals surface area contributed by atoms with Crippen molar-refractivity contribution in [2.75, 3.05) is 33.9 Å². The lowest BCUT2D eigenvalue weighted by Gasteiger charge is -2.22. The molecule has 2 unspecified atom stereocenters. The van der Waals surface area contributed by atoms with E-state index in [2.05, 4.69) is 41.6 Å². The molecule has 0 radical (unpaired) electrons. The molecule has 0 saturated heterocycles. The Bertz CT molecular complexity index is 469. The second-order valence-electron chi connectivity index (χ2n) is 6.04. The number of aliphatic imine (C=N–C) groups is 1. The molecule has 0 aliphatic heterocycles. The number of rotatable bonds is 10. The summed E-state index contributed by atoms with van der Waals surface area (Å²) in [5.41, 5.74) is 1.15. The Labute approximate surface area is 170 Å². The molecule has 0 aliphatic carbocycles. The lowest BCUT2D eigenvalue weighted by Crippen LogP contribution is -2.41. The van der Waals surface area contributed by atoms with Crippen LogP contribution in [0.15, 0.2) is 35.3 Å². The Kier molecular flexibility index (Phi) is 13.8. The molecule has 0 bridgehead atoms. The van der Waals surface area contributed by atoms with Crippen molar-refractivity contribution in [1.82, 2.24) is 10.6 Å². The zero-order valence-electron chi connectivity index (χ0n) is 16.1. The fourth-order valence-corrected chi connectivity index (χ4v) is 2.57. The van der Waals surface area contributed by atoms with E-state index in [0.29, 0.717) is 12.5 Å². The molecule has 2 N–H and O–H groups in total. The number of ether oxygens (including phenoxy) is 2.